The van der Waals surface area contributed by atoms with Crippen molar-refractivity contribution < 1.29 is 0 Å². The van der Waals surface area contributed by atoms with Crippen molar-refractivity contribution in [2.45, 2.75) is 44.6 Å². The minimum atomic E-state index is 0.714. The molecular formula is C15H24N2. The van der Waals surface area contributed by atoms with Crippen molar-refractivity contribution in [3.8, 4) is 12.3 Å². The van der Waals surface area contributed by atoms with Crippen molar-refractivity contribution in [2.75, 3.05) is 26.2 Å². The van der Waals surface area contributed by atoms with E-state index < -0.39 is 0 Å². The zero-order valence-corrected chi connectivity index (χ0v) is 10.8. The molecule has 0 aromatic carbocycles. The summed E-state index contributed by atoms with van der Waals surface area (Å²) in [6.45, 7) is 4.29. The van der Waals surface area contributed by atoms with Crippen LogP contribution < -0.4 is 5.32 Å². The van der Waals surface area contributed by atoms with Gasteiger partial charge in [-0.05, 0) is 45.1 Å². The van der Waals surface area contributed by atoms with Gasteiger partial charge in [0.25, 0.3) is 0 Å². The third-order valence-electron chi connectivity index (χ3n) is 3.92. The van der Waals surface area contributed by atoms with Crippen LogP contribution in [0.5, 0.6) is 0 Å². The van der Waals surface area contributed by atoms with Crippen molar-refractivity contribution in [3.05, 3.63) is 11.6 Å². The highest BCUT2D eigenvalue weighted by molar-refractivity contribution is 5.07. The van der Waals surface area contributed by atoms with Gasteiger partial charge in [0.1, 0.15) is 0 Å². The average Bonchev–Trinajstić information content (AvgIpc) is 2.85. The lowest BCUT2D eigenvalue weighted by molar-refractivity contribution is 0.218. The normalized spacial score (nSPS) is 22.4. The van der Waals surface area contributed by atoms with E-state index in [2.05, 4.69) is 22.2 Å². The Hall–Kier alpha value is -0.780. The van der Waals surface area contributed by atoms with Crippen LogP contribution in [0.2, 0.25) is 0 Å². The predicted molar refractivity (Wildman–Crippen MR) is 72.8 cm³/mol. The standard InChI is InChI=1S/C15H24N2/c1-2-11-17-12-8-15(9-13-17)16-10-7-14-5-3-4-6-14/h1,5,15-16H,3-4,6-13H2. The summed E-state index contributed by atoms with van der Waals surface area (Å²) < 4.78 is 0. The molecule has 1 heterocycles. The van der Waals surface area contributed by atoms with Gasteiger partial charge >= 0.3 is 0 Å². The molecular weight excluding hydrogens is 208 g/mol. The molecule has 0 spiro atoms. The average molecular weight is 232 g/mol. The molecule has 94 valence electrons. The van der Waals surface area contributed by atoms with E-state index in [9.17, 15) is 0 Å². The Balaban J connectivity index is 1.57. The third-order valence-corrected chi connectivity index (χ3v) is 3.92. The van der Waals surface area contributed by atoms with Crippen molar-refractivity contribution in [1.29, 1.82) is 0 Å². The second-order valence-corrected chi connectivity index (χ2v) is 5.21. The molecule has 17 heavy (non-hydrogen) atoms. The maximum absolute atomic E-state index is 5.33. The Bertz CT molecular complexity index is 293. The van der Waals surface area contributed by atoms with Crippen LogP contribution in [-0.4, -0.2) is 37.1 Å². The van der Waals surface area contributed by atoms with Gasteiger partial charge in [-0.2, -0.15) is 0 Å². The van der Waals surface area contributed by atoms with E-state index in [0.29, 0.717) is 6.04 Å². The number of nitrogens with one attached hydrogen (secondary N) is 1. The Kier molecular flexibility index (Phi) is 5.09. The zero-order chi connectivity index (χ0) is 11.9. The topological polar surface area (TPSA) is 15.3 Å². The maximum Gasteiger partial charge on any atom is 0.0598 e. The number of terminal acetylenes is 1. The minimum Gasteiger partial charge on any atom is -0.314 e. The summed E-state index contributed by atoms with van der Waals surface area (Å²) in [5.74, 6) is 2.73. The van der Waals surface area contributed by atoms with Crippen LogP contribution in [0.15, 0.2) is 11.6 Å². The monoisotopic (exact) mass is 232 g/mol. The molecule has 0 unspecified atom stereocenters. The highest BCUT2D eigenvalue weighted by atomic mass is 15.1. The summed E-state index contributed by atoms with van der Waals surface area (Å²) in [7, 11) is 0. The number of rotatable bonds is 5. The number of hydrogen-bond acceptors (Lipinski definition) is 2. The molecule has 0 atom stereocenters. The molecule has 2 rings (SSSR count). The van der Waals surface area contributed by atoms with Gasteiger partial charge in [-0.15, -0.1) is 6.42 Å². The van der Waals surface area contributed by atoms with Gasteiger partial charge in [-0.25, -0.2) is 0 Å². The van der Waals surface area contributed by atoms with Crippen molar-refractivity contribution in [2.24, 2.45) is 0 Å². The number of allylic oxidation sites excluding steroid dienone is 1. The number of hydrogen-bond donors (Lipinski definition) is 1. The first-order chi connectivity index (χ1) is 8.38. The van der Waals surface area contributed by atoms with Gasteiger partial charge in [-0.1, -0.05) is 17.6 Å². The summed E-state index contributed by atoms with van der Waals surface area (Å²) in [5.41, 5.74) is 1.67. The first kappa shape index (κ1) is 12.7. The fourth-order valence-corrected chi connectivity index (χ4v) is 2.83. The number of likely N-dealkylation sites (tertiary alicyclic amines) is 1. The molecule has 1 N–H and O–H groups in total. The molecule has 2 heteroatoms. The molecule has 1 aliphatic carbocycles. The number of piperidine rings is 1. The van der Waals surface area contributed by atoms with E-state index in [1.54, 1.807) is 5.57 Å². The lowest BCUT2D eigenvalue weighted by atomic mass is 10.0. The Morgan fingerprint density at radius 1 is 1.41 bits per heavy atom. The van der Waals surface area contributed by atoms with Gasteiger partial charge in [0, 0.05) is 19.1 Å². The van der Waals surface area contributed by atoms with Crippen molar-refractivity contribution >= 4 is 0 Å². The highest BCUT2D eigenvalue weighted by Gasteiger charge is 2.17. The molecule has 0 radical (unpaired) electrons. The lowest BCUT2D eigenvalue weighted by Gasteiger charge is -2.31. The molecule has 2 nitrogen and oxygen atoms in total. The Morgan fingerprint density at radius 2 is 2.24 bits per heavy atom. The fourth-order valence-electron chi connectivity index (χ4n) is 2.83. The van der Waals surface area contributed by atoms with Crippen LogP contribution in [0.3, 0.4) is 0 Å². The quantitative estimate of drug-likeness (QED) is 0.577. The molecule has 0 amide bonds. The zero-order valence-electron chi connectivity index (χ0n) is 10.8. The van der Waals surface area contributed by atoms with E-state index in [1.807, 2.05) is 0 Å². The summed E-state index contributed by atoms with van der Waals surface area (Å²) in [6, 6.07) is 0.714. The summed E-state index contributed by atoms with van der Waals surface area (Å²) in [5, 5.41) is 3.69. The van der Waals surface area contributed by atoms with E-state index in [0.717, 1.165) is 26.2 Å². The summed E-state index contributed by atoms with van der Waals surface area (Å²) in [4.78, 5) is 2.37. The molecule has 0 aromatic heterocycles. The second-order valence-electron chi connectivity index (χ2n) is 5.21. The van der Waals surface area contributed by atoms with Crippen molar-refractivity contribution in [3.63, 3.8) is 0 Å². The smallest absolute Gasteiger partial charge is 0.0598 e. The molecule has 0 aromatic rings. The van der Waals surface area contributed by atoms with Crippen LogP contribution in [0, 0.1) is 12.3 Å². The highest BCUT2D eigenvalue weighted by Crippen LogP contribution is 2.20. The first-order valence-electron chi connectivity index (χ1n) is 6.95. The molecule has 1 saturated heterocycles. The van der Waals surface area contributed by atoms with Crippen LogP contribution >= 0.6 is 0 Å². The third kappa shape index (κ3) is 4.18. The second kappa shape index (κ2) is 6.83. The van der Waals surface area contributed by atoms with Gasteiger partial charge in [0.2, 0.25) is 0 Å². The predicted octanol–water partition coefficient (Wildman–Crippen LogP) is 2.17. The number of nitrogens with zero attached hydrogens (tertiary/aromatic N) is 1. The minimum absolute atomic E-state index is 0.714. The van der Waals surface area contributed by atoms with E-state index in [-0.39, 0.29) is 0 Å². The van der Waals surface area contributed by atoms with E-state index in [1.165, 1.54) is 38.5 Å². The van der Waals surface area contributed by atoms with Crippen LogP contribution in [0.1, 0.15) is 38.5 Å². The van der Waals surface area contributed by atoms with Crippen LogP contribution in [-0.2, 0) is 0 Å². The van der Waals surface area contributed by atoms with Gasteiger partial charge < -0.3 is 5.32 Å². The van der Waals surface area contributed by atoms with E-state index in [4.69, 9.17) is 6.42 Å². The Morgan fingerprint density at radius 3 is 2.88 bits per heavy atom. The Labute approximate surface area is 105 Å². The molecule has 1 fully saturated rings. The van der Waals surface area contributed by atoms with Crippen molar-refractivity contribution in [1.82, 2.24) is 10.2 Å². The van der Waals surface area contributed by atoms with Gasteiger partial charge in [0.05, 0.1) is 6.54 Å². The molecule has 1 aliphatic heterocycles. The van der Waals surface area contributed by atoms with Gasteiger partial charge in [0.15, 0.2) is 0 Å². The van der Waals surface area contributed by atoms with Crippen LogP contribution in [0.4, 0.5) is 0 Å². The molecule has 0 bridgehead atoms. The molecule has 2 aliphatic rings. The van der Waals surface area contributed by atoms with Gasteiger partial charge in [-0.3, -0.25) is 4.90 Å². The SMILES string of the molecule is C#CCN1CCC(NCCC2=CCCC2)CC1. The first-order valence-corrected chi connectivity index (χ1v) is 6.95. The summed E-state index contributed by atoms with van der Waals surface area (Å²) >= 11 is 0. The van der Waals surface area contributed by atoms with E-state index >= 15 is 0 Å². The largest absolute Gasteiger partial charge is 0.314 e. The van der Waals surface area contributed by atoms with Crippen LogP contribution in [0.25, 0.3) is 0 Å². The lowest BCUT2D eigenvalue weighted by Crippen LogP contribution is -2.42. The maximum atomic E-state index is 5.33. The fraction of sp³-hybridized carbons (Fsp3) is 0.733. The molecule has 0 saturated carbocycles. The summed E-state index contributed by atoms with van der Waals surface area (Å²) in [6.07, 6.45) is 15.5.